The molecular weight excluding hydrogens is 238 g/mol. The number of alkyl halides is 3. The fourth-order valence-electron chi connectivity index (χ4n) is 1.27. The van der Waals surface area contributed by atoms with Crippen LogP contribution in [0, 0.1) is 5.82 Å². The zero-order valence-electron chi connectivity index (χ0n) is 9.13. The van der Waals surface area contributed by atoms with Gasteiger partial charge in [0.05, 0.1) is 0 Å². The molecule has 1 unspecified atom stereocenters. The van der Waals surface area contributed by atoms with Gasteiger partial charge in [0.1, 0.15) is 5.82 Å². The Bertz CT molecular complexity index is 349. The molecule has 96 valence electrons. The maximum absolute atomic E-state index is 12.6. The Balaban J connectivity index is 2.50. The zero-order chi connectivity index (χ0) is 13.1. The Morgan fingerprint density at radius 1 is 1.24 bits per heavy atom. The molecule has 0 amide bonds. The van der Waals surface area contributed by atoms with E-state index < -0.39 is 30.7 Å². The van der Waals surface area contributed by atoms with Crippen LogP contribution in [0.25, 0.3) is 0 Å². The van der Waals surface area contributed by atoms with Crippen molar-refractivity contribution in [1.29, 1.82) is 0 Å². The van der Waals surface area contributed by atoms with Crippen LogP contribution in [0.1, 0.15) is 18.5 Å². The first-order valence-electron chi connectivity index (χ1n) is 5.04. The van der Waals surface area contributed by atoms with Crippen molar-refractivity contribution in [1.82, 2.24) is 5.32 Å². The minimum Gasteiger partial charge on any atom is -0.382 e. The molecule has 1 rings (SSSR count). The second-order valence-electron chi connectivity index (χ2n) is 3.74. The van der Waals surface area contributed by atoms with Crippen LogP contribution in [0.15, 0.2) is 24.3 Å². The Hall–Kier alpha value is -1.14. The van der Waals surface area contributed by atoms with Crippen molar-refractivity contribution in [2.75, 3.05) is 6.54 Å². The fourth-order valence-corrected chi connectivity index (χ4v) is 1.27. The van der Waals surface area contributed by atoms with Gasteiger partial charge < -0.3 is 10.4 Å². The summed E-state index contributed by atoms with van der Waals surface area (Å²) >= 11 is 0. The van der Waals surface area contributed by atoms with Gasteiger partial charge in [-0.1, -0.05) is 12.1 Å². The zero-order valence-corrected chi connectivity index (χ0v) is 9.13. The number of benzene rings is 1. The van der Waals surface area contributed by atoms with E-state index in [9.17, 15) is 17.6 Å². The fraction of sp³-hybridized carbons (Fsp3) is 0.455. The van der Waals surface area contributed by atoms with Gasteiger partial charge in [-0.2, -0.15) is 13.2 Å². The molecule has 2 N–H and O–H groups in total. The molecule has 0 aliphatic rings. The van der Waals surface area contributed by atoms with Gasteiger partial charge in [0.25, 0.3) is 0 Å². The average molecular weight is 251 g/mol. The third-order valence-electron chi connectivity index (χ3n) is 2.37. The molecule has 1 aromatic carbocycles. The Labute approximate surface area is 96.3 Å². The maximum Gasteiger partial charge on any atom is 0.415 e. The van der Waals surface area contributed by atoms with Gasteiger partial charge >= 0.3 is 6.18 Å². The van der Waals surface area contributed by atoms with Crippen LogP contribution in [-0.2, 0) is 0 Å². The highest BCUT2D eigenvalue weighted by Gasteiger charge is 2.37. The maximum atomic E-state index is 12.6. The average Bonchev–Trinajstić information content (AvgIpc) is 2.25. The van der Waals surface area contributed by atoms with Gasteiger partial charge in [-0.25, -0.2) is 4.39 Å². The third-order valence-corrected chi connectivity index (χ3v) is 2.37. The smallest absolute Gasteiger partial charge is 0.382 e. The Morgan fingerprint density at radius 3 is 2.24 bits per heavy atom. The standard InChI is InChI=1S/C11H13F4NO/c1-7(8-2-4-9(12)5-3-8)16-6-10(17)11(13,14)15/h2-5,7,10,16-17H,6H2,1H3/t7-,10?/m1/s1. The molecule has 0 aliphatic carbocycles. The predicted octanol–water partition coefficient (Wildman–Crippen LogP) is 2.40. The topological polar surface area (TPSA) is 32.3 Å². The number of hydrogen-bond acceptors (Lipinski definition) is 2. The van der Waals surface area contributed by atoms with E-state index in [-0.39, 0.29) is 0 Å². The van der Waals surface area contributed by atoms with E-state index in [1.165, 1.54) is 24.3 Å². The Kier molecular flexibility index (Phi) is 4.47. The summed E-state index contributed by atoms with van der Waals surface area (Å²) < 4.78 is 48.7. The van der Waals surface area contributed by atoms with Crippen molar-refractivity contribution >= 4 is 0 Å². The van der Waals surface area contributed by atoms with Crippen molar-refractivity contribution in [3.05, 3.63) is 35.6 Å². The third kappa shape index (κ3) is 4.32. The van der Waals surface area contributed by atoms with Crippen molar-refractivity contribution in [3.63, 3.8) is 0 Å². The van der Waals surface area contributed by atoms with E-state index >= 15 is 0 Å². The SMILES string of the molecule is C[C@@H](NCC(O)C(F)(F)F)c1ccc(F)cc1. The molecule has 0 radical (unpaired) electrons. The van der Waals surface area contributed by atoms with Crippen LogP contribution in [0.5, 0.6) is 0 Å². The lowest BCUT2D eigenvalue weighted by Gasteiger charge is -2.19. The highest BCUT2D eigenvalue weighted by atomic mass is 19.4. The highest BCUT2D eigenvalue weighted by Crippen LogP contribution is 2.20. The molecule has 0 saturated heterocycles. The van der Waals surface area contributed by atoms with Gasteiger partial charge in [0.2, 0.25) is 0 Å². The number of rotatable bonds is 4. The van der Waals surface area contributed by atoms with Gasteiger partial charge in [-0.3, -0.25) is 0 Å². The van der Waals surface area contributed by atoms with Crippen LogP contribution >= 0.6 is 0 Å². The van der Waals surface area contributed by atoms with Crippen LogP contribution in [-0.4, -0.2) is 23.9 Å². The van der Waals surface area contributed by atoms with E-state index in [4.69, 9.17) is 5.11 Å². The van der Waals surface area contributed by atoms with Crippen LogP contribution in [0.4, 0.5) is 17.6 Å². The molecule has 0 fully saturated rings. The first-order chi connectivity index (χ1) is 7.80. The molecule has 6 heteroatoms. The number of aliphatic hydroxyl groups is 1. The van der Waals surface area contributed by atoms with Crippen LogP contribution in [0.2, 0.25) is 0 Å². The minimum atomic E-state index is -4.63. The number of halogens is 4. The van der Waals surface area contributed by atoms with E-state index in [1.807, 2.05) is 0 Å². The molecule has 17 heavy (non-hydrogen) atoms. The monoisotopic (exact) mass is 251 g/mol. The van der Waals surface area contributed by atoms with E-state index in [1.54, 1.807) is 6.92 Å². The van der Waals surface area contributed by atoms with E-state index in [0.29, 0.717) is 5.56 Å². The van der Waals surface area contributed by atoms with Gasteiger partial charge in [0, 0.05) is 12.6 Å². The summed E-state index contributed by atoms with van der Waals surface area (Å²) in [5.41, 5.74) is 0.653. The Morgan fingerprint density at radius 2 is 1.76 bits per heavy atom. The van der Waals surface area contributed by atoms with Gasteiger partial charge in [-0.05, 0) is 24.6 Å². The minimum absolute atomic E-state index is 0.396. The lowest BCUT2D eigenvalue weighted by molar-refractivity contribution is -0.202. The largest absolute Gasteiger partial charge is 0.415 e. The second kappa shape index (κ2) is 5.46. The van der Waals surface area contributed by atoms with Crippen molar-refractivity contribution in [3.8, 4) is 0 Å². The lowest BCUT2D eigenvalue weighted by atomic mass is 10.1. The van der Waals surface area contributed by atoms with Crippen molar-refractivity contribution < 1.29 is 22.7 Å². The normalized spacial score (nSPS) is 15.6. The molecule has 2 nitrogen and oxygen atoms in total. The molecule has 0 aliphatic heterocycles. The molecule has 0 aromatic heterocycles. The van der Waals surface area contributed by atoms with E-state index in [0.717, 1.165) is 0 Å². The summed E-state index contributed by atoms with van der Waals surface area (Å²) in [6, 6.07) is 5.02. The summed E-state index contributed by atoms with van der Waals surface area (Å²) in [5, 5.41) is 11.3. The number of nitrogens with one attached hydrogen (secondary N) is 1. The quantitative estimate of drug-likeness (QED) is 0.805. The summed E-state index contributed by atoms with van der Waals surface area (Å²) in [4.78, 5) is 0. The molecular formula is C11H13F4NO. The van der Waals surface area contributed by atoms with Gasteiger partial charge in [0.15, 0.2) is 6.10 Å². The molecule has 1 aromatic rings. The molecule has 0 bridgehead atoms. The first-order valence-corrected chi connectivity index (χ1v) is 5.04. The van der Waals surface area contributed by atoms with Crippen molar-refractivity contribution in [2.24, 2.45) is 0 Å². The highest BCUT2D eigenvalue weighted by molar-refractivity contribution is 5.19. The second-order valence-corrected chi connectivity index (χ2v) is 3.74. The molecule has 0 saturated carbocycles. The summed E-state index contributed by atoms with van der Waals surface area (Å²) in [6.45, 7) is 1.04. The summed E-state index contributed by atoms with van der Waals surface area (Å²) in [6.07, 6.45) is -7.03. The number of hydrogen-bond donors (Lipinski definition) is 2. The summed E-state index contributed by atoms with van der Waals surface area (Å²) in [7, 11) is 0. The first kappa shape index (κ1) is 13.9. The molecule has 0 spiro atoms. The summed E-state index contributed by atoms with van der Waals surface area (Å²) in [5.74, 6) is -0.406. The number of aliphatic hydroxyl groups excluding tert-OH is 1. The molecule has 0 heterocycles. The predicted molar refractivity (Wildman–Crippen MR) is 54.9 cm³/mol. The van der Waals surface area contributed by atoms with E-state index in [2.05, 4.69) is 5.32 Å². The van der Waals surface area contributed by atoms with Crippen LogP contribution in [0.3, 0.4) is 0 Å². The van der Waals surface area contributed by atoms with Gasteiger partial charge in [-0.15, -0.1) is 0 Å². The van der Waals surface area contributed by atoms with Crippen LogP contribution < -0.4 is 5.32 Å². The van der Waals surface area contributed by atoms with Crippen molar-refractivity contribution in [2.45, 2.75) is 25.2 Å². The molecule has 2 atom stereocenters. The lowest BCUT2D eigenvalue weighted by Crippen LogP contribution is -2.39.